The molecule has 2 rings (SSSR count). The van der Waals surface area contributed by atoms with Crippen molar-refractivity contribution >= 4 is 34.5 Å². The fourth-order valence-electron chi connectivity index (χ4n) is 2.69. The highest BCUT2D eigenvalue weighted by Gasteiger charge is 2.28. The molecule has 1 aliphatic carbocycles. The monoisotopic (exact) mass is 291 g/mol. The standard InChI is InChI=1S/C13H19Cl2NS/c1-2-7-16-12(9-5-3-4-6-9)10-8-11(14)17-13(10)15/h8-9,12,16H,2-7H2,1H3. The molecule has 0 aromatic carbocycles. The molecule has 1 nitrogen and oxygen atoms in total. The molecule has 1 unspecified atom stereocenters. The maximum absolute atomic E-state index is 6.29. The molecule has 1 aromatic heterocycles. The minimum absolute atomic E-state index is 0.397. The van der Waals surface area contributed by atoms with Crippen LogP contribution in [-0.2, 0) is 0 Å². The highest BCUT2D eigenvalue weighted by Crippen LogP contribution is 2.42. The lowest BCUT2D eigenvalue weighted by molar-refractivity contribution is 0.369. The summed E-state index contributed by atoms with van der Waals surface area (Å²) in [5.74, 6) is 0.727. The SMILES string of the molecule is CCCNC(c1cc(Cl)sc1Cl)C1CCCC1. The van der Waals surface area contributed by atoms with Gasteiger partial charge in [0.25, 0.3) is 0 Å². The highest BCUT2D eigenvalue weighted by atomic mass is 35.5. The molecule has 96 valence electrons. The van der Waals surface area contributed by atoms with E-state index in [2.05, 4.69) is 12.2 Å². The van der Waals surface area contributed by atoms with Gasteiger partial charge in [-0.15, -0.1) is 11.3 Å². The fourth-order valence-corrected chi connectivity index (χ4v) is 4.24. The van der Waals surface area contributed by atoms with Crippen LogP contribution in [0.5, 0.6) is 0 Å². The molecule has 1 aromatic rings. The van der Waals surface area contributed by atoms with Crippen LogP contribution in [0.15, 0.2) is 6.07 Å². The average Bonchev–Trinajstić information content (AvgIpc) is 2.90. The van der Waals surface area contributed by atoms with Crippen molar-refractivity contribution in [3.05, 3.63) is 20.3 Å². The molecule has 0 saturated heterocycles. The lowest BCUT2D eigenvalue weighted by atomic mass is 9.93. The van der Waals surface area contributed by atoms with E-state index in [1.54, 1.807) is 0 Å². The molecule has 1 saturated carbocycles. The van der Waals surface area contributed by atoms with E-state index in [9.17, 15) is 0 Å². The number of hydrogen-bond acceptors (Lipinski definition) is 2. The van der Waals surface area contributed by atoms with Crippen LogP contribution in [0.4, 0.5) is 0 Å². The topological polar surface area (TPSA) is 12.0 Å². The average molecular weight is 292 g/mol. The van der Waals surface area contributed by atoms with E-state index in [0.29, 0.717) is 6.04 Å². The van der Waals surface area contributed by atoms with E-state index in [1.165, 1.54) is 42.6 Å². The van der Waals surface area contributed by atoms with Crippen molar-refractivity contribution in [2.75, 3.05) is 6.54 Å². The lowest BCUT2D eigenvalue weighted by Crippen LogP contribution is -2.27. The van der Waals surface area contributed by atoms with Gasteiger partial charge in [-0.05, 0) is 37.8 Å². The van der Waals surface area contributed by atoms with Gasteiger partial charge >= 0.3 is 0 Å². The second-order valence-corrected chi connectivity index (χ2v) is 7.04. The summed E-state index contributed by atoms with van der Waals surface area (Å²) in [6.07, 6.45) is 6.48. The van der Waals surface area contributed by atoms with E-state index in [0.717, 1.165) is 27.6 Å². The Morgan fingerprint density at radius 3 is 2.65 bits per heavy atom. The normalized spacial score (nSPS) is 18.8. The molecule has 0 spiro atoms. The molecule has 1 aliphatic rings. The second-order valence-electron chi connectivity index (χ2n) is 4.76. The summed E-state index contributed by atoms with van der Waals surface area (Å²) in [7, 11) is 0. The van der Waals surface area contributed by atoms with Crippen LogP contribution in [0.2, 0.25) is 8.67 Å². The number of hydrogen-bond donors (Lipinski definition) is 1. The smallest absolute Gasteiger partial charge is 0.0992 e. The van der Waals surface area contributed by atoms with Crippen LogP contribution in [-0.4, -0.2) is 6.54 Å². The van der Waals surface area contributed by atoms with Crippen LogP contribution < -0.4 is 5.32 Å². The minimum atomic E-state index is 0.397. The van der Waals surface area contributed by atoms with Gasteiger partial charge in [0.15, 0.2) is 0 Å². The first kappa shape index (κ1) is 13.7. The Balaban J connectivity index is 2.16. The molecule has 1 fully saturated rings. The third kappa shape index (κ3) is 3.37. The number of thiophene rings is 1. The van der Waals surface area contributed by atoms with E-state index < -0.39 is 0 Å². The summed E-state index contributed by atoms with van der Waals surface area (Å²) >= 11 is 13.8. The van der Waals surface area contributed by atoms with Gasteiger partial charge in [0, 0.05) is 11.6 Å². The number of nitrogens with one attached hydrogen (secondary N) is 1. The molecule has 1 N–H and O–H groups in total. The first-order chi connectivity index (χ1) is 8.22. The summed E-state index contributed by atoms with van der Waals surface area (Å²) in [5, 5.41) is 3.65. The number of halogens is 2. The Morgan fingerprint density at radius 2 is 2.12 bits per heavy atom. The molecule has 0 amide bonds. The van der Waals surface area contributed by atoms with Gasteiger partial charge in [-0.3, -0.25) is 0 Å². The third-order valence-corrected chi connectivity index (χ3v) is 5.02. The maximum Gasteiger partial charge on any atom is 0.0992 e. The summed E-state index contributed by atoms with van der Waals surface area (Å²) in [4.78, 5) is 0. The highest BCUT2D eigenvalue weighted by molar-refractivity contribution is 7.20. The second kappa shape index (κ2) is 6.42. The zero-order chi connectivity index (χ0) is 12.3. The zero-order valence-electron chi connectivity index (χ0n) is 10.1. The van der Waals surface area contributed by atoms with Crippen molar-refractivity contribution in [2.24, 2.45) is 5.92 Å². The fraction of sp³-hybridized carbons (Fsp3) is 0.692. The minimum Gasteiger partial charge on any atom is -0.310 e. The van der Waals surface area contributed by atoms with E-state index in [1.807, 2.05) is 6.07 Å². The van der Waals surface area contributed by atoms with Gasteiger partial charge in [0.1, 0.15) is 0 Å². The van der Waals surface area contributed by atoms with Crippen molar-refractivity contribution in [1.82, 2.24) is 5.32 Å². The van der Waals surface area contributed by atoms with Crippen LogP contribution in [0.25, 0.3) is 0 Å². The molecular weight excluding hydrogens is 273 g/mol. The molecule has 1 atom stereocenters. The Hall–Kier alpha value is 0.240. The van der Waals surface area contributed by atoms with Crippen molar-refractivity contribution in [3.63, 3.8) is 0 Å². The van der Waals surface area contributed by atoms with Crippen LogP contribution in [0, 0.1) is 5.92 Å². The Morgan fingerprint density at radius 1 is 1.41 bits per heavy atom. The van der Waals surface area contributed by atoms with Gasteiger partial charge in [-0.1, -0.05) is 43.0 Å². The largest absolute Gasteiger partial charge is 0.310 e. The quantitative estimate of drug-likeness (QED) is 0.778. The van der Waals surface area contributed by atoms with E-state index >= 15 is 0 Å². The predicted molar refractivity (Wildman–Crippen MR) is 77.3 cm³/mol. The molecule has 17 heavy (non-hydrogen) atoms. The van der Waals surface area contributed by atoms with Gasteiger partial charge in [0.2, 0.25) is 0 Å². The summed E-state index contributed by atoms with van der Waals surface area (Å²) in [6.45, 7) is 3.24. The third-order valence-electron chi connectivity index (χ3n) is 3.50. The zero-order valence-corrected chi connectivity index (χ0v) is 12.5. The van der Waals surface area contributed by atoms with Crippen LogP contribution >= 0.6 is 34.5 Å². The molecule has 0 aliphatic heterocycles. The molecule has 0 bridgehead atoms. The molecule has 1 heterocycles. The Kier molecular flexibility index (Phi) is 5.16. The lowest BCUT2D eigenvalue weighted by Gasteiger charge is -2.24. The van der Waals surface area contributed by atoms with Crippen molar-refractivity contribution < 1.29 is 0 Å². The van der Waals surface area contributed by atoms with E-state index in [-0.39, 0.29) is 0 Å². The van der Waals surface area contributed by atoms with Crippen LogP contribution in [0.1, 0.15) is 50.6 Å². The molecule has 4 heteroatoms. The summed E-state index contributed by atoms with van der Waals surface area (Å²) in [5.41, 5.74) is 1.21. The van der Waals surface area contributed by atoms with E-state index in [4.69, 9.17) is 23.2 Å². The van der Waals surface area contributed by atoms with Gasteiger partial charge in [-0.25, -0.2) is 0 Å². The maximum atomic E-state index is 6.29. The molecule has 0 radical (unpaired) electrons. The van der Waals surface area contributed by atoms with Gasteiger partial charge < -0.3 is 5.32 Å². The first-order valence-electron chi connectivity index (χ1n) is 6.40. The van der Waals surface area contributed by atoms with Crippen molar-refractivity contribution in [1.29, 1.82) is 0 Å². The molecular formula is C13H19Cl2NS. The van der Waals surface area contributed by atoms with Crippen molar-refractivity contribution in [2.45, 2.75) is 45.1 Å². The Labute approximate surface area is 118 Å². The number of rotatable bonds is 5. The summed E-state index contributed by atoms with van der Waals surface area (Å²) < 4.78 is 1.65. The predicted octanol–water partition coefficient (Wildman–Crippen LogP) is 5.29. The van der Waals surface area contributed by atoms with Crippen LogP contribution in [0.3, 0.4) is 0 Å². The summed E-state index contributed by atoms with van der Waals surface area (Å²) in [6, 6.07) is 2.44. The van der Waals surface area contributed by atoms with Gasteiger partial charge in [0.05, 0.1) is 8.67 Å². The first-order valence-corrected chi connectivity index (χ1v) is 7.97. The van der Waals surface area contributed by atoms with Crippen molar-refractivity contribution in [3.8, 4) is 0 Å². The van der Waals surface area contributed by atoms with Gasteiger partial charge in [-0.2, -0.15) is 0 Å². The Bertz CT molecular complexity index is 358.